The molecule has 1 heterocycles. The van der Waals surface area contributed by atoms with Gasteiger partial charge in [0.25, 0.3) is 0 Å². The number of hydrogen-bond acceptors (Lipinski definition) is 3. The topological polar surface area (TPSA) is 53.4 Å². The molecule has 0 aliphatic carbocycles. The van der Waals surface area contributed by atoms with Gasteiger partial charge in [0.05, 0.1) is 0 Å². The van der Waals surface area contributed by atoms with E-state index in [4.69, 9.17) is 0 Å². The van der Waals surface area contributed by atoms with Crippen molar-refractivity contribution in [2.45, 2.75) is 52.4 Å². The van der Waals surface area contributed by atoms with Crippen molar-refractivity contribution in [3.63, 3.8) is 0 Å². The Morgan fingerprint density at radius 2 is 1.15 bits per heavy atom. The van der Waals surface area contributed by atoms with Crippen LogP contribution < -0.4 is 0 Å². The maximum absolute atomic E-state index is 12.8. The van der Waals surface area contributed by atoms with Crippen molar-refractivity contribution >= 4 is 29.1 Å². The van der Waals surface area contributed by atoms with Crippen LogP contribution in [0.3, 0.4) is 0 Å². The zero-order valence-electron chi connectivity index (χ0n) is 20.3. The standard InChI is InChI=1S/2C10H13FO.C6H5N.2ClH.Ti/c2*1-10(2,3)8-6-7(11)4-5-9(8)12;1-6-4-2-3-5-7-6;;;/h2*4-6,12H,1-3H3;1-5H;2*1H;. The van der Waals surface area contributed by atoms with Crippen molar-refractivity contribution in [2.24, 2.45) is 0 Å². The van der Waals surface area contributed by atoms with Crippen LogP contribution in [0.4, 0.5) is 8.78 Å². The molecular weight excluding hydrogens is 515 g/mol. The number of aromatic nitrogens is 1. The van der Waals surface area contributed by atoms with Crippen LogP contribution in [0.15, 0.2) is 60.8 Å². The van der Waals surface area contributed by atoms with E-state index in [-0.39, 0.29) is 58.8 Å². The maximum atomic E-state index is 12.8. The number of phenolic OH excluding ortho intramolecular Hbond substituents is 2. The average Bonchev–Trinajstić information content (AvgIpc) is 2.71. The Kier molecular flexibility index (Phi) is 15.4. The second kappa shape index (κ2) is 15.3. The molecule has 0 saturated heterocycles. The van der Waals surface area contributed by atoms with E-state index in [0.29, 0.717) is 11.1 Å². The molecule has 8 heteroatoms. The number of rotatable bonds is 1. The van der Waals surface area contributed by atoms with Gasteiger partial charge in [-0.2, -0.15) is 0 Å². The minimum absolute atomic E-state index is 0. The Hall–Kier alpha value is -1.79. The summed E-state index contributed by atoms with van der Waals surface area (Å²) < 4.78 is 27.5. The minimum atomic E-state index is -0.308. The molecule has 0 spiro atoms. The summed E-state index contributed by atoms with van der Waals surface area (Å²) in [7, 11) is 0. The number of nitrogens with zero attached hydrogens (tertiary/aromatic N) is 1. The second-order valence-electron chi connectivity index (χ2n) is 9.22. The van der Waals surface area contributed by atoms with Gasteiger partial charge in [0.1, 0.15) is 23.1 Å². The first-order valence-electron chi connectivity index (χ1n) is 10.1. The Morgan fingerprint density at radius 1 is 0.735 bits per heavy atom. The number of aromatic hydroxyl groups is 2. The number of hydrogen-bond donors (Lipinski definition) is 2. The summed E-state index contributed by atoms with van der Waals surface area (Å²) in [5, 5.41) is 18.8. The van der Waals surface area contributed by atoms with Gasteiger partial charge < -0.3 is 10.2 Å². The fraction of sp³-hybridized carbons (Fsp3) is 0.308. The zero-order valence-corrected chi connectivity index (χ0v) is 23.5. The van der Waals surface area contributed by atoms with E-state index in [0.717, 1.165) is 5.69 Å². The summed E-state index contributed by atoms with van der Waals surface area (Å²) in [5.41, 5.74) is 1.88. The predicted octanol–water partition coefficient (Wildman–Crippen LogP) is 7.28. The molecule has 0 saturated carbocycles. The summed E-state index contributed by atoms with van der Waals surface area (Å²) in [4.78, 5) is 4.04. The van der Waals surface area contributed by atoms with E-state index in [1.807, 2.05) is 84.0 Å². The molecule has 0 unspecified atom stereocenters. The predicted molar refractivity (Wildman–Crippen MR) is 137 cm³/mol. The van der Waals surface area contributed by atoms with Gasteiger partial charge >= 0.3 is 59.4 Å². The Bertz CT molecular complexity index is 960. The quantitative estimate of drug-likeness (QED) is 0.315. The van der Waals surface area contributed by atoms with Crippen LogP contribution in [0.5, 0.6) is 11.5 Å². The van der Waals surface area contributed by atoms with Crippen molar-refractivity contribution in [3.8, 4) is 11.5 Å². The summed E-state index contributed by atoms with van der Waals surface area (Å²) in [6.07, 6.45) is 1.79. The first-order valence-corrected chi connectivity index (χ1v) is 11.1. The number of phenols is 2. The third kappa shape index (κ3) is 12.1. The van der Waals surface area contributed by atoms with Crippen LogP contribution in [0.1, 0.15) is 58.4 Å². The van der Waals surface area contributed by atoms with Gasteiger partial charge in [-0.25, -0.2) is 8.78 Å². The van der Waals surface area contributed by atoms with E-state index >= 15 is 0 Å². The molecule has 0 aliphatic heterocycles. The SMILES string of the molecule is CC(C)(C)c1cc(F)ccc1O.CC(C)(C)c1cc(F)ccc1O.Cl.Cl.[Ti]=[CH]c1ccccn1. The van der Waals surface area contributed by atoms with E-state index in [1.54, 1.807) is 6.20 Å². The van der Waals surface area contributed by atoms with Crippen molar-refractivity contribution < 1.29 is 39.0 Å². The molecule has 2 aromatic carbocycles. The Morgan fingerprint density at radius 3 is 1.38 bits per heavy atom. The van der Waals surface area contributed by atoms with Gasteiger partial charge in [0.15, 0.2) is 0 Å². The first kappa shape index (κ1) is 34.4. The Labute approximate surface area is 225 Å². The molecule has 0 atom stereocenters. The molecule has 2 N–H and O–H groups in total. The van der Waals surface area contributed by atoms with Crippen molar-refractivity contribution in [1.82, 2.24) is 4.98 Å². The normalized spacial score (nSPS) is 10.2. The fourth-order valence-corrected chi connectivity index (χ4v) is 2.95. The van der Waals surface area contributed by atoms with Crippen LogP contribution in [-0.4, -0.2) is 19.5 Å². The van der Waals surface area contributed by atoms with Gasteiger partial charge in [0.2, 0.25) is 0 Å². The molecule has 1 aromatic heterocycles. The molecule has 3 rings (SSSR count). The summed E-state index contributed by atoms with van der Waals surface area (Å²) in [5.74, 6) is -0.303. The van der Waals surface area contributed by atoms with Crippen LogP contribution in [-0.2, 0) is 30.8 Å². The van der Waals surface area contributed by atoms with E-state index < -0.39 is 0 Å². The number of benzene rings is 2. The van der Waals surface area contributed by atoms with Crippen LogP contribution in [0.2, 0.25) is 0 Å². The van der Waals surface area contributed by atoms with Crippen molar-refractivity contribution in [2.75, 3.05) is 0 Å². The van der Waals surface area contributed by atoms with Crippen molar-refractivity contribution in [3.05, 3.63) is 89.2 Å². The molecule has 0 radical (unpaired) electrons. The molecule has 34 heavy (non-hydrogen) atoms. The van der Waals surface area contributed by atoms with E-state index in [1.165, 1.54) is 36.4 Å². The van der Waals surface area contributed by atoms with Crippen LogP contribution >= 0.6 is 24.8 Å². The van der Waals surface area contributed by atoms with Gasteiger partial charge in [0, 0.05) is 11.1 Å². The van der Waals surface area contributed by atoms with Gasteiger partial charge in [-0.15, -0.1) is 24.8 Å². The number of pyridine rings is 1. The zero-order chi connectivity index (χ0) is 24.5. The van der Waals surface area contributed by atoms with Gasteiger partial charge in [-0.1, -0.05) is 41.5 Å². The van der Waals surface area contributed by atoms with E-state index in [9.17, 15) is 19.0 Å². The molecular formula is C26H33Cl2F2NO2Ti. The summed E-state index contributed by atoms with van der Waals surface area (Å²) in [6, 6.07) is 13.9. The molecule has 0 fully saturated rings. The average molecular weight is 548 g/mol. The third-order valence-corrected chi connectivity index (χ3v) is 4.83. The summed E-state index contributed by atoms with van der Waals surface area (Å²) in [6.45, 7) is 11.6. The van der Waals surface area contributed by atoms with Crippen molar-refractivity contribution in [1.29, 1.82) is 0 Å². The Balaban J connectivity index is 0. The molecule has 186 valence electrons. The number of halogens is 4. The van der Waals surface area contributed by atoms with Crippen LogP contribution in [0.25, 0.3) is 0 Å². The monoisotopic (exact) mass is 547 g/mol. The second-order valence-corrected chi connectivity index (χ2v) is 9.67. The first-order chi connectivity index (χ1) is 14.8. The molecule has 3 nitrogen and oxygen atoms in total. The van der Waals surface area contributed by atoms with Crippen LogP contribution in [0, 0.1) is 11.6 Å². The van der Waals surface area contributed by atoms with E-state index in [2.05, 4.69) is 4.98 Å². The molecule has 0 amide bonds. The summed E-state index contributed by atoms with van der Waals surface area (Å²) >= 11 is 1.97. The fourth-order valence-electron chi connectivity index (χ4n) is 2.68. The third-order valence-electron chi connectivity index (χ3n) is 4.37. The van der Waals surface area contributed by atoms with Gasteiger partial charge in [-0.3, -0.25) is 0 Å². The molecule has 0 bridgehead atoms. The molecule has 3 aromatic rings. The molecule has 0 aliphatic rings. The van der Waals surface area contributed by atoms with Gasteiger partial charge in [-0.05, 0) is 47.2 Å².